The predicted molar refractivity (Wildman–Crippen MR) is 147 cm³/mol. The molecule has 1 aromatic heterocycles. The quantitative estimate of drug-likeness (QED) is 0.122. The summed E-state index contributed by atoms with van der Waals surface area (Å²) in [4.78, 5) is 62.0. The normalized spacial score (nSPS) is 14.5. The topological polar surface area (TPSA) is 189 Å². The number of nitrogens with zero attached hydrogens (tertiary/aromatic N) is 2. The molecule has 1 aromatic carbocycles. The van der Waals surface area contributed by atoms with Crippen LogP contribution in [0.2, 0.25) is 0 Å². The fourth-order valence-corrected chi connectivity index (χ4v) is 3.84. The number of H-pyrrole nitrogens is 1. The lowest BCUT2D eigenvalue weighted by molar-refractivity contribution is -0.491. The second kappa shape index (κ2) is 15.0. The average molecular weight is 559 g/mol. The molecule has 0 aliphatic carbocycles. The van der Waals surface area contributed by atoms with Crippen molar-refractivity contribution in [2.24, 2.45) is 5.92 Å². The summed E-state index contributed by atoms with van der Waals surface area (Å²) in [5, 5.41) is 26.7. The summed E-state index contributed by atoms with van der Waals surface area (Å²) < 4.78 is 0. The Labute approximate surface area is 232 Å². The van der Waals surface area contributed by atoms with E-state index in [0.717, 1.165) is 0 Å². The van der Waals surface area contributed by atoms with Crippen LogP contribution in [0.3, 0.4) is 0 Å². The van der Waals surface area contributed by atoms with Gasteiger partial charge in [-0.15, -0.1) is 0 Å². The van der Waals surface area contributed by atoms with Gasteiger partial charge < -0.3 is 20.7 Å². The van der Waals surface area contributed by atoms with E-state index in [2.05, 4.69) is 26.1 Å². The smallest absolute Gasteiger partial charge is 0.245 e. The number of aromatic nitrogens is 2. The van der Waals surface area contributed by atoms with Crippen molar-refractivity contribution < 1.29 is 29.3 Å². The number of nitrogens with one attached hydrogen (secondary N) is 4. The second-order valence-corrected chi connectivity index (χ2v) is 10.8. The van der Waals surface area contributed by atoms with Crippen molar-refractivity contribution >= 4 is 23.3 Å². The summed E-state index contributed by atoms with van der Waals surface area (Å²) in [6.07, 6.45) is 1.75. The van der Waals surface area contributed by atoms with Crippen LogP contribution >= 0.6 is 0 Å². The summed E-state index contributed by atoms with van der Waals surface area (Å²) in [7, 11) is 0. The Balaban J connectivity index is 2.37. The molecule has 2 amide bonds. The lowest BCUT2D eigenvalue weighted by Gasteiger charge is -2.28. The molecule has 0 saturated carbocycles. The number of aliphatic hydroxyl groups is 1. The van der Waals surface area contributed by atoms with Gasteiger partial charge in [-0.05, 0) is 38.7 Å². The highest BCUT2D eigenvalue weighted by atomic mass is 16.7. The van der Waals surface area contributed by atoms with E-state index in [1.165, 1.54) is 6.33 Å². The first kappa shape index (κ1) is 32.3. The van der Waals surface area contributed by atoms with Crippen molar-refractivity contribution in [3.05, 3.63) is 64.2 Å². The van der Waals surface area contributed by atoms with Crippen molar-refractivity contribution in [1.82, 2.24) is 26.1 Å². The van der Waals surface area contributed by atoms with Crippen molar-refractivity contribution in [3.8, 4) is 0 Å². The van der Waals surface area contributed by atoms with Crippen LogP contribution in [0.25, 0.3) is 5.57 Å². The van der Waals surface area contributed by atoms with Crippen LogP contribution in [0, 0.1) is 16.0 Å². The monoisotopic (exact) mass is 558 g/mol. The van der Waals surface area contributed by atoms with Gasteiger partial charge in [0, 0.05) is 17.5 Å². The SMILES string of the molecule is CC(C)C[C@H](NC(=O)[C@H](Cc1c[nH]cn1)NC(=O)[C@@H](NOC(C)(C)C)C(=C=O)c1ccccc1)C(O)C[N+](=O)[O-]. The molecule has 0 radical (unpaired) electrons. The lowest BCUT2D eigenvalue weighted by Crippen LogP contribution is -2.57. The van der Waals surface area contributed by atoms with Crippen LogP contribution in [0.5, 0.6) is 0 Å². The summed E-state index contributed by atoms with van der Waals surface area (Å²) in [6, 6.07) is 4.93. The van der Waals surface area contributed by atoms with Gasteiger partial charge in [-0.1, -0.05) is 44.2 Å². The number of nitro groups is 1. The van der Waals surface area contributed by atoms with Crippen molar-refractivity contribution in [1.29, 1.82) is 0 Å². The number of aliphatic hydroxyl groups excluding tert-OH is 1. The number of aromatic amines is 1. The van der Waals surface area contributed by atoms with E-state index in [-0.39, 0.29) is 24.3 Å². The van der Waals surface area contributed by atoms with Gasteiger partial charge in [0.1, 0.15) is 24.1 Å². The number of carbonyl (C=O) groups excluding carboxylic acids is 3. The van der Waals surface area contributed by atoms with E-state index < -0.39 is 53.1 Å². The van der Waals surface area contributed by atoms with Gasteiger partial charge >= 0.3 is 0 Å². The van der Waals surface area contributed by atoms with Gasteiger partial charge in [-0.3, -0.25) is 24.5 Å². The molecule has 0 fully saturated rings. The van der Waals surface area contributed by atoms with Crippen LogP contribution in [-0.4, -0.2) is 74.1 Å². The highest BCUT2D eigenvalue weighted by Gasteiger charge is 2.34. The minimum absolute atomic E-state index is 0.000345. The molecule has 13 heteroatoms. The third kappa shape index (κ3) is 10.7. The standard InChI is InChI=1S/C27H38N6O7/c1-17(2)11-21(23(35)14-33(38)39)30-25(36)22(12-19-13-28-16-29-19)31-26(37)24(32-40-27(3,4)5)20(15-34)18-9-7-6-8-10-18/h6-10,13,16-17,21-24,32,35H,11-12,14H2,1-5H3,(H,28,29)(H,30,36)(H,31,37)/t21-,22-,23?,24-/m0/s1. The molecule has 1 unspecified atom stereocenters. The first-order valence-electron chi connectivity index (χ1n) is 12.9. The Hall–Kier alpha value is -3.90. The van der Waals surface area contributed by atoms with Gasteiger partial charge in [0.15, 0.2) is 0 Å². The maximum absolute atomic E-state index is 13.6. The number of hydrogen-bond donors (Lipinski definition) is 5. The van der Waals surface area contributed by atoms with Crippen LogP contribution in [0.4, 0.5) is 0 Å². The molecule has 1 heterocycles. The largest absolute Gasteiger partial charge is 0.384 e. The zero-order valence-electron chi connectivity index (χ0n) is 23.3. The number of hydroxylamine groups is 1. The van der Waals surface area contributed by atoms with Crippen LogP contribution in [-0.2, 0) is 25.6 Å². The highest BCUT2D eigenvalue weighted by molar-refractivity contribution is 6.04. The fourth-order valence-electron chi connectivity index (χ4n) is 3.84. The van der Waals surface area contributed by atoms with Gasteiger partial charge in [0.2, 0.25) is 18.4 Å². The van der Waals surface area contributed by atoms with Crippen LogP contribution in [0.1, 0.15) is 52.3 Å². The number of amides is 2. The van der Waals surface area contributed by atoms with Gasteiger partial charge in [0.05, 0.1) is 29.2 Å². The third-order valence-corrected chi connectivity index (χ3v) is 5.68. The van der Waals surface area contributed by atoms with Crippen molar-refractivity contribution in [2.75, 3.05) is 6.54 Å². The summed E-state index contributed by atoms with van der Waals surface area (Å²) >= 11 is 0. The molecular formula is C27H38N6O7. The van der Waals surface area contributed by atoms with E-state index in [0.29, 0.717) is 11.3 Å². The third-order valence-electron chi connectivity index (χ3n) is 5.68. The number of hydrogen-bond acceptors (Lipinski definition) is 9. The minimum atomic E-state index is -1.44. The fraction of sp³-hybridized carbons (Fsp3) is 0.519. The summed E-state index contributed by atoms with van der Waals surface area (Å²) in [5.74, 6) is 0.379. The first-order valence-corrected chi connectivity index (χ1v) is 12.9. The Kier molecular flexibility index (Phi) is 12.1. The zero-order valence-corrected chi connectivity index (χ0v) is 23.3. The Morgan fingerprint density at radius 1 is 1.18 bits per heavy atom. The number of benzene rings is 1. The first-order chi connectivity index (χ1) is 18.8. The summed E-state index contributed by atoms with van der Waals surface area (Å²) in [6.45, 7) is 8.20. The summed E-state index contributed by atoms with van der Waals surface area (Å²) in [5.41, 5.74) is 2.75. The molecule has 0 aliphatic rings. The number of rotatable bonds is 15. The maximum atomic E-state index is 13.6. The predicted octanol–water partition coefficient (Wildman–Crippen LogP) is 1.21. The molecule has 4 atom stereocenters. The molecule has 5 N–H and O–H groups in total. The van der Waals surface area contributed by atoms with E-state index in [1.807, 2.05) is 19.8 Å². The lowest BCUT2D eigenvalue weighted by atomic mass is 9.97. The van der Waals surface area contributed by atoms with Gasteiger partial charge in [-0.2, -0.15) is 5.48 Å². The van der Waals surface area contributed by atoms with E-state index in [4.69, 9.17) is 4.84 Å². The highest BCUT2D eigenvalue weighted by Crippen LogP contribution is 2.18. The molecule has 0 spiro atoms. The van der Waals surface area contributed by atoms with Crippen LogP contribution < -0.4 is 16.1 Å². The molecular weight excluding hydrogens is 520 g/mol. The number of imidazole rings is 1. The average Bonchev–Trinajstić information content (AvgIpc) is 3.38. The molecule has 0 aliphatic heterocycles. The molecule has 0 saturated heterocycles. The molecule has 0 bridgehead atoms. The van der Waals surface area contributed by atoms with Crippen molar-refractivity contribution in [3.63, 3.8) is 0 Å². The molecule has 2 aromatic rings. The Morgan fingerprint density at radius 2 is 1.85 bits per heavy atom. The van der Waals surface area contributed by atoms with E-state index in [1.54, 1.807) is 57.3 Å². The zero-order chi connectivity index (χ0) is 29.9. The van der Waals surface area contributed by atoms with E-state index >= 15 is 0 Å². The Morgan fingerprint density at radius 3 is 2.38 bits per heavy atom. The maximum Gasteiger partial charge on any atom is 0.245 e. The van der Waals surface area contributed by atoms with E-state index in [9.17, 15) is 29.6 Å². The molecule has 218 valence electrons. The molecule has 13 nitrogen and oxygen atoms in total. The van der Waals surface area contributed by atoms with Gasteiger partial charge in [-0.25, -0.2) is 9.78 Å². The molecule has 40 heavy (non-hydrogen) atoms. The molecule has 2 rings (SSSR count). The van der Waals surface area contributed by atoms with Crippen LogP contribution in [0.15, 0.2) is 42.9 Å². The minimum Gasteiger partial charge on any atom is -0.384 e. The van der Waals surface area contributed by atoms with Crippen molar-refractivity contribution in [2.45, 2.75) is 77.3 Å². The Bertz CT molecular complexity index is 1160. The number of carbonyl (C=O) groups is 2. The second-order valence-electron chi connectivity index (χ2n) is 10.8. The van der Waals surface area contributed by atoms with Gasteiger partial charge in [0.25, 0.3) is 0 Å².